The molecule has 6 nitrogen and oxygen atoms in total. The van der Waals surface area contributed by atoms with Crippen LogP contribution in [-0.4, -0.2) is 38.6 Å². The Morgan fingerprint density at radius 2 is 2.10 bits per heavy atom. The molecule has 21 heavy (non-hydrogen) atoms. The Kier molecular flexibility index (Phi) is 3.47. The standard InChI is InChI=1S/C15H22N4O2/c1-9-6-12(18(3)17-9)8-19-10(2)7-13(20)16-14(15(19)21)11-4-5-11/h6,10-11,14H,4-5,7-8H2,1-3H3,(H,16,20). The molecule has 2 heterocycles. The molecule has 1 saturated heterocycles. The maximum absolute atomic E-state index is 12.8. The summed E-state index contributed by atoms with van der Waals surface area (Å²) in [6.45, 7) is 4.39. The molecular formula is C15H22N4O2. The van der Waals surface area contributed by atoms with Crippen LogP contribution in [0.1, 0.15) is 37.6 Å². The highest BCUT2D eigenvalue weighted by Crippen LogP contribution is 2.35. The van der Waals surface area contributed by atoms with Gasteiger partial charge in [-0.3, -0.25) is 14.3 Å². The van der Waals surface area contributed by atoms with E-state index < -0.39 is 0 Å². The van der Waals surface area contributed by atoms with E-state index in [1.165, 1.54) is 0 Å². The van der Waals surface area contributed by atoms with Crippen molar-refractivity contribution in [1.29, 1.82) is 0 Å². The van der Waals surface area contributed by atoms with Crippen molar-refractivity contribution in [3.8, 4) is 0 Å². The summed E-state index contributed by atoms with van der Waals surface area (Å²) in [5, 5.41) is 7.23. The van der Waals surface area contributed by atoms with Crippen molar-refractivity contribution in [2.24, 2.45) is 13.0 Å². The predicted octanol–water partition coefficient (Wildman–Crippen LogP) is 0.744. The van der Waals surface area contributed by atoms with Crippen LogP contribution in [0.2, 0.25) is 0 Å². The number of nitrogens with zero attached hydrogens (tertiary/aromatic N) is 3. The number of aromatic nitrogens is 2. The number of nitrogens with one attached hydrogen (secondary N) is 1. The number of amides is 2. The van der Waals surface area contributed by atoms with E-state index in [4.69, 9.17) is 0 Å². The topological polar surface area (TPSA) is 67.2 Å². The first-order chi connectivity index (χ1) is 9.95. The first-order valence-electron chi connectivity index (χ1n) is 7.55. The first kappa shape index (κ1) is 14.1. The quantitative estimate of drug-likeness (QED) is 0.893. The maximum atomic E-state index is 12.8. The molecule has 0 bridgehead atoms. The van der Waals surface area contributed by atoms with Crippen molar-refractivity contribution in [3.63, 3.8) is 0 Å². The third-order valence-electron chi connectivity index (χ3n) is 4.40. The van der Waals surface area contributed by atoms with Crippen LogP contribution >= 0.6 is 0 Å². The minimum Gasteiger partial charge on any atom is -0.344 e. The lowest BCUT2D eigenvalue weighted by Crippen LogP contribution is -2.47. The molecule has 1 aliphatic carbocycles. The summed E-state index contributed by atoms with van der Waals surface area (Å²) in [5.41, 5.74) is 1.94. The van der Waals surface area contributed by atoms with Crippen LogP contribution in [0.15, 0.2) is 6.07 Å². The zero-order valence-electron chi connectivity index (χ0n) is 12.8. The van der Waals surface area contributed by atoms with Gasteiger partial charge in [-0.1, -0.05) is 0 Å². The number of hydrogen-bond acceptors (Lipinski definition) is 3. The lowest BCUT2D eigenvalue weighted by Gasteiger charge is -2.28. The highest BCUT2D eigenvalue weighted by molar-refractivity contribution is 5.91. The highest BCUT2D eigenvalue weighted by Gasteiger charge is 2.42. The molecule has 2 aliphatic rings. The average Bonchev–Trinajstić information content (AvgIpc) is 3.18. The van der Waals surface area contributed by atoms with E-state index in [0.29, 0.717) is 18.9 Å². The Morgan fingerprint density at radius 3 is 2.67 bits per heavy atom. The van der Waals surface area contributed by atoms with Crippen LogP contribution in [0.25, 0.3) is 0 Å². The normalized spacial score (nSPS) is 26.7. The molecule has 0 aromatic carbocycles. The zero-order valence-corrected chi connectivity index (χ0v) is 12.8. The molecule has 2 amide bonds. The van der Waals surface area contributed by atoms with E-state index >= 15 is 0 Å². The monoisotopic (exact) mass is 290 g/mol. The van der Waals surface area contributed by atoms with Crippen LogP contribution in [0.4, 0.5) is 0 Å². The second-order valence-electron chi connectivity index (χ2n) is 6.30. The van der Waals surface area contributed by atoms with Gasteiger partial charge in [-0.05, 0) is 38.7 Å². The molecule has 1 aliphatic heterocycles. The van der Waals surface area contributed by atoms with E-state index in [9.17, 15) is 9.59 Å². The molecule has 3 rings (SSSR count). The van der Waals surface area contributed by atoms with Crippen molar-refractivity contribution < 1.29 is 9.59 Å². The van der Waals surface area contributed by atoms with Gasteiger partial charge in [0.2, 0.25) is 11.8 Å². The first-order valence-corrected chi connectivity index (χ1v) is 7.55. The molecule has 2 unspecified atom stereocenters. The molecule has 114 valence electrons. The Hall–Kier alpha value is -1.85. The minimum atomic E-state index is -0.336. The summed E-state index contributed by atoms with van der Waals surface area (Å²) < 4.78 is 1.81. The van der Waals surface area contributed by atoms with Gasteiger partial charge in [-0.25, -0.2) is 0 Å². The fourth-order valence-electron chi connectivity index (χ4n) is 3.04. The highest BCUT2D eigenvalue weighted by atomic mass is 16.2. The van der Waals surface area contributed by atoms with Gasteiger partial charge in [0.1, 0.15) is 6.04 Å². The van der Waals surface area contributed by atoms with Crippen LogP contribution in [0.3, 0.4) is 0 Å². The van der Waals surface area contributed by atoms with Gasteiger partial charge in [0.25, 0.3) is 0 Å². The van der Waals surface area contributed by atoms with E-state index in [2.05, 4.69) is 10.4 Å². The van der Waals surface area contributed by atoms with Gasteiger partial charge in [0.15, 0.2) is 0 Å². The van der Waals surface area contributed by atoms with Gasteiger partial charge in [0.05, 0.1) is 17.9 Å². The third-order valence-corrected chi connectivity index (χ3v) is 4.40. The smallest absolute Gasteiger partial charge is 0.246 e. The Morgan fingerprint density at radius 1 is 1.38 bits per heavy atom. The molecule has 0 spiro atoms. The largest absolute Gasteiger partial charge is 0.344 e. The lowest BCUT2D eigenvalue weighted by atomic mass is 10.1. The Bertz CT molecular complexity index is 576. The second-order valence-corrected chi connectivity index (χ2v) is 6.30. The summed E-state index contributed by atoms with van der Waals surface area (Å²) >= 11 is 0. The summed E-state index contributed by atoms with van der Waals surface area (Å²) in [5.74, 6) is 0.355. The average molecular weight is 290 g/mol. The summed E-state index contributed by atoms with van der Waals surface area (Å²) in [6, 6.07) is 1.57. The lowest BCUT2D eigenvalue weighted by molar-refractivity contribution is -0.136. The second kappa shape index (κ2) is 5.16. The van der Waals surface area contributed by atoms with Crippen molar-refractivity contribution in [1.82, 2.24) is 20.0 Å². The summed E-state index contributed by atoms with van der Waals surface area (Å²) in [6.07, 6.45) is 2.43. The maximum Gasteiger partial charge on any atom is 0.246 e. The Balaban J connectivity index is 1.84. The van der Waals surface area contributed by atoms with Crippen LogP contribution in [0.5, 0.6) is 0 Å². The number of hydrogen-bond donors (Lipinski definition) is 1. The van der Waals surface area contributed by atoms with E-state index in [1.807, 2.05) is 36.5 Å². The molecular weight excluding hydrogens is 268 g/mol. The van der Waals surface area contributed by atoms with Crippen LogP contribution in [0, 0.1) is 12.8 Å². The zero-order chi connectivity index (χ0) is 15.1. The van der Waals surface area contributed by atoms with Crippen molar-refractivity contribution in [2.45, 2.75) is 51.7 Å². The van der Waals surface area contributed by atoms with Crippen molar-refractivity contribution >= 4 is 11.8 Å². The van der Waals surface area contributed by atoms with E-state index in [-0.39, 0.29) is 23.9 Å². The third kappa shape index (κ3) is 2.80. The summed E-state index contributed by atoms with van der Waals surface area (Å²) in [7, 11) is 1.89. The van der Waals surface area contributed by atoms with Gasteiger partial charge in [0, 0.05) is 19.5 Å². The van der Waals surface area contributed by atoms with E-state index in [1.54, 1.807) is 0 Å². The van der Waals surface area contributed by atoms with Crippen molar-refractivity contribution in [2.75, 3.05) is 0 Å². The number of carbonyl (C=O) groups is 2. The predicted molar refractivity (Wildman–Crippen MR) is 77.2 cm³/mol. The molecule has 1 saturated carbocycles. The van der Waals surface area contributed by atoms with Gasteiger partial charge < -0.3 is 10.2 Å². The molecule has 6 heteroatoms. The molecule has 1 N–H and O–H groups in total. The van der Waals surface area contributed by atoms with E-state index in [0.717, 1.165) is 24.2 Å². The fraction of sp³-hybridized carbons (Fsp3) is 0.667. The molecule has 1 aromatic heterocycles. The Labute approximate surface area is 124 Å². The minimum absolute atomic E-state index is 0.0172. The number of carbonyl (C=O) groups excluding carboxylic acids is 2. The molecule has 1 aromatic rings. The van der Waals surface area contributed by atoms with Crippen molar-refractivity contribution in [3.05, 3.63) is 17.5 Å². The fourth-order valence-corrected chi connectivity index (χ4v) is 3.04. The molecule has 2 fully saturated rings. The number of rotatable bonds is 3. The van der Waals surface area contributed by atoms with Crippen LogP contribution in [-0.2, 0) is 23.2 Å². The molecule has 0 radical (unpaired) electrons. The molecule has 2 atom stereocenters. The van der Waals surface area contributed by atoms with Gasteiger partial charge in [-0.2, -0.15) is 5.10 Å². The SMILES string of the molecule is Cc1cc(CN2C(=O)C(C3CC3)NC(=O)CC2C)n(C)n1. The van der Waals surface area contributed by atoms with Gasteiger partial charge >= 0.3 is 0 Å². The summed E-state index contributed by atoms with van der Waals surface area (Å²) in [4.78, 5) is 26.6. The van der Waals surface area contributed by atoms with Gasteiger partial charge in [-0.15, -0.1) is 0 Å². The van der Waals surface area contributed by atoms with Crippen LogP contribution < -0.4 is 5.32 Å². The number of aryl methyl sites for hydroxylation is 2.